The van der Waals surface area contributed by atoms with Gasteiger partial charge in [0.05, 0.1) is 12.0 Å². The first-order valence-electron chi connectivity index (χ1n) is 8.08. The third-order valence-corrected chi connectivity index (χ3v) is 5.59. The largest absolute Gasteiger partial charge is 0.496 e. The summed E-state index contributed by atoms with van der Waals surface area (Å²) in [6.07, 6.45) is 0. The van der Waals surface area contributed by atoms with E-state index in [1.54, 1.807) is 51.3 Å². The van der Waals surface area contributed by atoms with Gasteiger partial charge in [0.15, 0.2) is 11.5 Å². The predicted octanol–water partition coefficient (Wildman–Crippen LogP) is 2.40. The first kappa shape index (κ1) is 18.3. The Hall–Kier alpha value is -2.45. The van der Waals surface area contributed by atoms with Crippen molar-refractivity contribution in [2.24, 2.45) is 0 Å². The summed E-state index contributed by atoms with van der Waals surface area (Å²) in [5, 5.41) is 0. The first-order chi connectivity index (χ1) is 12.4. The van der Waals surface area contributed by atoms with Crippen LogP contribution in [0.1, 0.15) is 11.1 Å². The Kier molecular flexibility index (Phi) is 5.24. The number of fused-ring (bicyclic) bond motifs is 1. The first-order valence-corrected chi connectivity index (χ1v) is 9.56. The normalized spacial score (nSPS) is 12.9. The monoisotopic (exact) mass is 379 g/mol. The summed E-state index contributed by atoms with van der Waals surface area (Å²) in [5.41, 5.74) is 1.38. The van der Waals surface area contributed by atoms with Crippen LogP contribution in [0.5, 0.6) is 23.0 Å². The zero-order valence-electron chi connectivity index (χ0n) is 14.9. The fraction of sp³-hybridized carbons (Fsp3) is 0.333. The van der Waals surface area contributed by atoms with Crippen molar-refractivity contribution in [1.82, 2.24) is 4.72 Å². The van der Waals surface area contributed by atoms with Gasteiger partial charge in [-0.15, -0.1) is 0 Å². The lowest BCUT2D eigenvalue weighted by molar-refractivity contribution is 0.173. The molecule has 1 aliphatic rings. The Balaban J connectivity index is 1.59. The van der Waals surface area contributed by atoms with Crippen LogP contribution >= 0.6 is 0 Å². The molecule has 0 spiro atoms. The van der Waals surface area contributed by atoms with E-state index in [1.807, 2.05) is 0 Å². The van der Waals surface area contributed by atoms with Gasteiger partial charge >= 0.3 is 0 Å². The number of ether oxygens (including phenoxy) is 4. The molecule has 3 rings (SSSR count). The molecule has 1 N–H and O–H groups in total. The summed E-state index contributed by atoms with van der Waals surface area (Å²) >= 11 is 0. The molecule has 1 aliphatic heterocycles. The van der Waals surface area contributed by atoms with Crippen molar-refractivity contribution in [3.63, 3.8) is 0 Å². The van der Waals surface area contributed by atoms with Crippen LogP contribution in [0.25, 0.3) is 0 Å². The second-order valence-corrected chi connectivity index (χ2v) is 7.58. The Morgan fingerprint density at radius 2 is 1.85 bits per heavy atom. The van der Waals surface area contributed by atoms with Gasteiger partial charge < -0.3 is 18.9 Å². The lowest BCUT2D eigenvalue weighted by Gasteiger charge is -2.13. The minimum absolute atomic E-state index is 0.140. The standard InChI is InChI=1S/C18H21NO6S/c1-12-9-18(13(2)8-16(12)22-3)26(20,21)19-6-7-23-14-4-5-15-17(10-14)25-11-24-15/h4-5,8-10,19H,6-7,11H2,1-3H3. The van der Waals surface area contributed by atoms with Gasteiger partial charge in [-0.2, -0.15) is 0 Å². The van der Waals surface area contributed by atoms with Crippen molar-refractivity contribution >= 4 is 10.0 Å². The fourth-order valence-corrected chi connectivity index (χ4v) is 3.98. The minimum atomic E-state index is -3.63. The molecule has 26 heavy (non-hydrogen) atoms. The number of methoxy groups -OCH3 is 1. The zero-order chi connectivity index (χ0) is 18.7. The van der Waals surface area contributed by atoms with E-state index < -0.39 is 10.0 Å². The van der Waals surface area contributed by atoms with Crippen LogP contribution in [0.15, 0.2) is 35.2 Å². The number of hydrogen-bond acceptors (Lipinski definition) is 6. The van der Waals surface area contributed by atoms with Crippen LogP contribution in [0.3, 0.4) is 0 Å². The molecule has 0 radical (unpaired) electrons. The summed E-state index contributed by atoms with van der Waals surface area (Å²) in [5.74, 6) is 2.54. The molecule has 0 saturated carbocycles. The molecule has 0 aliphatic carbocycles. The van der Waals surface area contributed by atoms with E-state index in [0.717, 1.165) is 5.56 Å². The maximum absolute atomic E-state index is 12.5. The molecule has 2 aromatic carbocycles. The van der Waals surface area contributed by atoms with Gasteiger partial charge in [-0.1, -0.05) is 0 Å². The van der Waals surface area contributed by atoms with E-state index in [-0.39, 0.29) is 24.8 Å². The van der Waals surface area contributed by atoms with Gasteiger partial charge in [0.25, 0.3) is 0 Å². The van der Waals surface area contributed by atoms with Gasteiger partial charge in [0.1, 0.15) is 18.1 Å². The van der Waals surface area contributed by atoms with Gasteiger partial charge in [-0.3, -0.25) is 0 Å². The summed E-state index contributed by atoms with van der Waals surface area (Å²) in [4.78, 5) is 0.235. The van der Waals surface area contributed by atoms with Crippen LogP contribution in [-0.2, 0) is 10.0 Å². The molecule has 140 valence electrons. The highest BCUT2D eigenvalue weighted by molar-refractivity contribution is 7.89. The minimum Gasteiger partial charge on any atom is -0.496 e. The number of nitrogens with one attached hydrogen (secondary N) is 1. The molecule has 8 heteroatoms. The van der Waals surface area contributed by atoms with E-state index in [4.69, 9.17) is 18.9 Å². The third kappa shape index (κ3) is 3.86. The van der Waals surface area contributed by atoms with Gasteiger partial charge in [0.2, 0.25) is 16.8 Å². The van der Waals surface area contributed by atoms with Crippen molar-refractivity contribution in [3.8, 4) is 23.0 Å². The highest BCUT2D eigenvalue weighted by Crippen LogP contribution is 2.35. The summed E-state index contributed by atoms with van der Waals surface area (Å²) in [7, 11) is -2.08. The highest BCUT2D eigenvalue weighted by Gasteiger charge is 2.18. The lowest BCUT2D eigenvalue weighted by Crippen LogP contribution is -2.29. The predicted molar refractivity (Wildman–Crippen MR) is 95.7 cm³/mol. The number of hydrogen-bond donors (Lipinski definition) is 1. The molecule has 0 fully saturated rings. The number of sulfonamides is 1. The number of benzene rings is 2. The average molecular weight is 379 g/mol. The molecule has 0 bridgehead atoms. The van der Waals surface area contributed by atoms with Crippen LogP contribution in [0, 0.1) is 13.8 Å². The third-order valence-electron chi connectivity index (χ3n) is 3.99. The van der Waals surface area contributed by atoms with Gasteiger partial charge in [-0.05, 0) is 49.2 Å². The molecule has 0 saturated heterocycles. The van der Waals surface area contributed by atoms with E-state index in [0.29, 0.717) is 28.6 Å². The topological polar surface area (TPSA) is 83.1 Å². The van der Waals surface area contributed by atoms with Crippen molar-refractivity contribution in [3.05, 3.63) is 41.5 Å². The average Bonchev–Trinajstić information content (AvgIpc) is 3.08. The molecule has 1 heterocycles. The molecule has 0 amide bonds. The van der Waals surface area contributed by atoms with Crippen molar-refractivity contribution < 1.29 is 27.4 Å². The second-order valence-electron chi connectivity index (χ2n) is 5.85. The van der Waals surface area contributed by atoms with Gasteiger partial charge in [0, 0.05) is 12.6 Å². The Morgan fingerprint density at radius 3 is 2.62 bits per heavy atom. The van der Waals surface area contributed by atoms with E-state index in [9.17, 15) is 8.42 Å². The molecule has 7 nitrogen and oxygen atoms in total. The van der Waals surface area contributed by atoms with Gasteiger partial charge in [-0.25, -0.2) is 13.1 Å². The highest BCUT2D eigenvalue weighted by atomic mass is 32.2. The van der Waals surface area contributed by atoms with Crippen molar-refractivity contribution in [1.29, 1.82) is 0 Å². The van der Waals surface area contributed by atoms with Crippen LogP contribution in [-0.4, -0.2) is 35.5 Å². The summed E-state index contributed by atoms with van der Waals surface area (Å²) in [6.45, 7) is 4.06. The van der Waals surface area contributed by atoms with E-state index >= 15 is 0 Å². The molecule has 0 atom stereocenters. The SMILES string of the molecule is COc1cc(C)c(S(=O)(=O)NCCOc2ccc3c(c2)OCO3)cc1C. The summed E-state index contributed by atoms with van der Waals surface area (Å²) in [6, 6.07) is 8.54. The van der Waals surface area contributed by atoms with Crippen LogP contribution < -0.4 is 23.7 Å². The molecular formula is C18H21NO6S. The van der Waals surface area contributed by atoms with Crippen molar-refractivity contribution in [2.45, 2.75) is 18.7 Å². The quantitative estimate of drug-likeness (QED) is 0.744. The maximum atomic E-state index is 12.5. The van der Waals surface area contributed by atoms with Crippen LogP contribution in [0.4, 0.5) is 0 Å². The second kappa shape index (κ2) is 7.43. The fourth-order valence-electron chi connectivity index (χ4n) is 2.66. The van der Waals surface area contributed by atoms with Crippen LogP contribution in [0.2, 0.25) is 0 Å². The Bertz CT molecular complexity index is 910. The molecule has 0 unspecified atom stereocenters. The molecule has 2 aromatic rings. The zero-order valence-corrected chi connectivity index (χ0v) is 15.7. The maximum Gasteiger partial charge on any atom is 0.240 e. The van der Waals surface area contributed by atoms with Crippen molar-refractivity contribution in [2.75, 3.05) is 27.1 Å². The Morgan fingerprint density at radius 1 is 1.08 bits per heavy atom. The van der Waals surface area contributed by atoms with E-state index in [1.165, 1.54) is 0 Å². The molecule has 0 aromatic heterocycles. The number of rotatable bonds is 7. The number of aryl methyl sites for hydroxylation is 2. The van der Waals surface area contributed by atoms with E-state index in [2.05, 4.69) is 4.72 Å². The smallest absolute Gasteiger partial charge is 0.240 e. The Labute approximate surface area is 152 Å². The lowest BCUT2D eigenvalue weighted by atomic mass is 10.1. The molecular weight excluding hydrogens is 358 g/mol. The summed E-state index contributed by atoms with van der Waals surface area (Å²) < 4.78 is 48.9.